The van der Waals surface area contributed by atoms with Gasteiger partial charge in [-0.2, -0.15) is 0 Å². The number of nitrogens with zero attached hydrogens (tertiary/aromatic N) is 1. The highest BCUT2D eigenvalue weighted by molar-refractivity contribution is 6.41. The van der Waals surface area contributed by atoms with Crippen LogP contribution in [0.3, 0.4) is 0 Å². The van der Waals surface area contributed by atoms with Gasteiger partial charge in [0.1, 0.15) is 5.82 Å². The van der Waals surface area contributed by atoms with Gasteiger partial charge >= 0.3 is 5.97 Å². The first-order valence-electron chi connectivity index (χ1n) is 5.40. The number of carboxylic acids is 1. The summed E-state index contributed by atoms with van der Waals surface area (Å²) in [6.45, 7) is 0. The zero-order valence-electron chi connectivity index (χ0n) is 9.83. The molecule has 0 saturated heterocycles. The smallest absolute Gasteiger partial charge is 0.309 e. The number of pyridine rings is 1. The lowest BCUT2D eigenvalue weighted by Crippen LogP contribution is -2.05. The fraction of sp³-hybridized carbons (Fsp3) is 0.0769. The predicted octanol–water partition coefficient (Wildman–Crippen LogP) is 4.48. The van der Waals surface area contributed by atoms with Gasteiger partial charge in [0.05, 0.1) is 27.9 Å². The first-order valence-corrected chi connectivity index (χ1v) is 6.54. The van der Waals surface area contributed by atoms with Crippen LogP contribution in [0.25, 0.3) is 11.3 Å². The van der Waals surface area contributed by atoms with E-state index in [0.717, 1.165) is 6.07 Å². The number of carboxylic acid groups (broad SMARTS) is 1. The zero-order valence-corrected chi connectivity index (χ0v) is 12.1. The Morgan fingerprint density at radius 1 is 1.20 bits per heavy atom. The highest BCUT2D eigenvalue weighted by atomic mass is 35.5. The van der Waals surface area contributed by atoms with E-state index in [9.17, 15) is 9.18 Å². The molecule has 1 aromatic heterocycles. The molecule has 0 fully saturated rings. The zero-order chi connectivity index (χ0) is 14.9. The molecule has 0 atom stereocenters. The van der Waals surface area contributed by atoms with Crippen LogP contribution >= 0.6 is 34.8 Å². The molecule has 0 bridgehead atoms. The Balaban J connectivity index is 2.56. The molecule has 2 rings (SSSR count). The number of halogens is 4. The van der Waals surface area contributed by atoms with Crippen LogP contribution in [0, 0.1) is 5.82 Å². The maximum absolute atomic E-state index is 13.5. The van der Waals surface area contributed by atoms with Crippen LogP contribution in [0.1, 0.15) is 5.69 Å². The second-order valence-electron chi connectivity index (χ2n) is 3.94. The molecule has 1 aromatic carbocycles. The summed E-state index contributed by atoms with van der Waals surface area (Å²) in [4.78, 5) is 14.6. The number of rotatable bonds is 3. The Labute approximate surface area is 128 Å². The maximum Gasteiger partial charge on any atom is 0.309 e. The van der Waals surface area contributed by atoms with Gasteiger partial charge in [0, 0.05) is 10.6 Å². The molecule has 2 aromatic rings. The average molecular weight is 335 g/mol. The third kappa shape index (κ3) is 3.20. The molecule has 0 aliphatic carbocycles. The Morgan fingerprint density at radius 2 is 1.80 bits per heavy atom. The van der Waals surface area contributed by atoms with Gasteiger partial charge in [-0.05, 0) is 24.3 Å². The lowest BCUT2D eigenvalue weighted by atomic mass is 10.1. The molecule has 7 heteroatoms. The fourth-order valence-corrected chi connectivity index (χ4v) is 2.69. The normalized spacial score (nSPS) is 10.6. The fourth-order valence-electron chi connectivity index (χ4n) is 1.68. The summed E-state index contributed by atoms with van der Waals surface area (Å²) in [5, 5.41) is 9.59. The largest absolute Gasteiger partial charge is 0.481 e. The van der Waals surface area contributed by atoms with Gasteiger partial charge in [-0.1, -0.05) is 34.8 Å². The molecule has 0 spiro atoms. The van der Waals surface area contributed by atoms with Crippen molar-refractivity contribution < 1.29 is 14.3 Å². The molecule has 1 heterocycles. The third-order valence-corrected chi connectivity index (χ3v) is 3.31. The molecule has 20 heavy (non-hydrogen) atoms. The predicted molar refractivity (Wildman–Crippen MR) is 76.0 cm³/mol. The summed E-state index contributed by atoms with van der Waals surface area (Å²) in [7, 11) is 0. The van der Waals surface area contributed by atoms with Gasteiger partial charge in [-0.15, -0.1) is 0 Å². The van der Waals surface area contributed by atoms with Gasteiger partial charge in [-0.25, -0.2) is 9.37 Å². The minimum Gasteiger partial charge on any atom is -0.481 e. The van der Waals surface area contributed by atoms with Crippen molar-refractivity contribution in [2.45, 2.75) is 6.42 Å². The number of benzene rings is 1. The average Bonchev–Trinajstić information content (AvgIpc) is 2.31. The summed E-state index contributed by atoms with van der Waals surface area (Å²) in [6.07, 6.45) is -0.525. The van der Waals surface area contributed by atoms with Gasteiger partial charge in [-0.3, -0.25) is 4.79 Å². The highest BCUT2D eigenvalue weighted by Crippen LogP contribution is 2.36. The first-order chi connectivity index (χ1) is 9.38. The molecule has 0 aliphatic rings. The summed E-state index contributed by atoms with van der Waals surface area (Å²) >= 11 is 17.9. The SMILES string of the molecule is O=C(O)Cc1nc(-c2c(Cl)cc(Cl)cc2Cl)ccc1F. The molecule has 104 valence electrons. The van der Waals surface area contributed by atoms with E-state index in [4.69, 9.17) is 39.9 Å². The molecular formula is C13H7Cl3FNO2. The standard InChI is InChI=1S/C13H7Cl3FNO2/c14-6-3-7(15)13(8(16)4-6)10-2-1-9(17)11(18-10)5-12(19)20/h1-4H,5H2,(H,19,20). The number of hydrogen-bond acceptors (Lipinski definition) is 2. The summed E-state index contributed by atoms with van der Waals surface area (Å²) in [5.74, 6) is -1.88. The van der Waals surface area contributed by atoms with Crippen molar-refractivity contribution in [3.8, 4) is 11.3 Å². The second kappa shape index (κ2) is 5.95. The molecule has 0 aliphatic heterocycles. The van der Waals surface area contributed by atoms with E-state index < -0.39 is 18.2 Å². The summed E-state index contributed by atoms with van der Waals surface area (Å²) < 4.78 is 13.5. The van der Waals surface area contributed by atoms with E-state index >= 15 is 0 Å². The Bertz CT molecular complexity index is 668. The molecule has 3 nitrogen and oxygen atoms in total. The van der Waals surface area contributed by atoms with Crippen molar-refractivity contribution in [2.75, 3.05) is 0 Å². The molecule has 1 N–H and O–H groups in total. The first kappa shape index (κ1) is 15.0. The minimum atomic E-state index is -1.18. The van der Waals surface area contributed by atoms with Crippen molar-refractivity contribution in [3.05, 3.63) is 50.8 Å². The van der Waals surface area contributed by atoms with Crippen LogP contribution in [-0.4, -0.2) is 16.1 Å². The number of aromatic nitrogens is 1. The van der Waals surface area contributed by atoms with E-state index in [0.29, 0.717) is 10.6 Å². The summed E-state index contributed by atoms with van der Waals surface area (Å²) in [6, 6.07) is 5.46. The third-order valence-electron chi connectivity index (χ3n) is 2.50. The van der Waals surface area contributed by atoms with Crippen LogP contribution in [0.5, 0.6) is 0 Å². The quantitative estimate of drug-likeness (QED) is 0.900. The van der Waals surface area contributed by atoms with Crippen molar-refractivity contribution in [1.29, 1.82) is 0 Å². The van der Waals surface area contributed by atoms with E-state index in [1.165, 1.54) is 18.2 Å². The van der Waals surface area contributed by atoms with Gasteiger partial charge in [0.25, 0.3) is 0 Å². The van der Waals surface area contributed by atoms with Crippen molar-refractivity contribution >= 4 is 40.8 Å². The van der Waals surface area contributed by atoms with Crippen LogP contribution in [0.15, 0.2) is 24.3 Å². The van der Waals surface area contributed by atoms with Gasteiger partial charge in [0.2, 0.25) is 0 Å². The highest BCUT2D eigenvalue weighted by Gasteiger charge is 2.15. The van der Waals surface area contributed by atoms with Gasteiger partial charge < -0.3 is 5.11 Å². The van der Waals surface area contributed by atoms with E-state index in [1.807, 2.05) is 0 Å². The monoisotopic (exact) mass is 333 g/mol. The van der Waals surface area contributed by atoms with E-state index in [1.54, 1.807) is 0 Å². The number of carbonyl (C=O) groups is 1. The lowest BCUT2D eigenvalue weighted by Gasteiger charge is -2.09. The topological polar surface area (TPSA) is 50.2 Å². The maximum atomic E-state index is 13.5. The molecule has 0 amide bonds. The van der Waals surface area contributed by atoms with Crippen LogP contribution in [-0.2, 0) is 11.2 Å². The number of aliphatic carboxylic acids is 1. The molecule has 0 unspecified atom stereocenters. The molecule has 0 radical (unpaired) electrons. The van der Waals surface area contributed by atoms with E-state index in [2.05, 4.69) is 4.98 Å². The van der Waals surface area contributed by atoms with Crippen LogP contribution in [0.2, 0.25) is 15.1 Å². The van der Waals surface area contributed by atoms with Crippen molar-refractivity contribution in [2.24, 2.45) is 0 Å². The Hall–Kier alpha value is -1.36. The number of hydrogen-bond donors (Lipinski definition) is 1. The van der Waals surface area contributed by atoms with Crippen molar-refractivity contribution in [3.63, 3.8) is 0 Å². The Kier molecular flexibility index (Phi) is 4.48. The lowest BCUT2D eigenvalue weighted by molar-refractivity contribution is -0.136. The Morgan fingerprint density at radius 3 is 2.35 bits per heavy atom. The second-order valence-corrected chi connectivity index (χ2v) is 5.19. The van der Waals surface area contributed by atoms with Crippen LogP contribution in [0.4, 0.5) is 4.39 Å². The molecule has 0 saturated carbocycles. The minimum absolute atomic E-state index is 0.183. The van der Waals surface area contributed by atoms with Crippen molar-refractivity contribution in [1.82, 2.24) is 4.98 Å². The van der Waals surface area contributed by atoms with Gasteiger partial charge in [0.15, 0.2) is 0 Å². The molecular weight excluding hydrogens is 328 g/mol. The van der Waals surface area contributed by atoms with E-state index in [-0.39, 0.29) is 21.4 Å². The van der Waals surface area contributed by atoms with Crippen LogP contribution < -0.4 is 0 Å². The summed E-state index contributed by atoms with van der Waals surface area (Å²) in [5.41, 5.74) is 0.482.